The zero-order chi connectivity index (χ0) is 20.9. The molecule has 0 radical (unpaired) electrons. The number of nitrogens with two attached hydrogens (primary N) is 1. The van der Waals surface area contributed by atoms with Crippen molar-refractivity contribution < 1.29 is 13.2 Å². The highest BCUT2D eigenvalue weighted by atomic mass is 32.2. The number of para-hydroxylation sites is 1. The van der Waals surface area contributed by atoms with E-state index in [2.05, 4.69) is 10.4 Å². The lowest BCUT2D eigenvalue weighted by Crippen LogP contribution is -2.42. The van der Waals surface area contributed by atoms with Crippen LogP contribution in [0.4, 0.5) is 11.5 Å². The first-order chi connectivity index (χ1) is 13.7. The molecule has 2 aliphatic heterocycles. The summed E-state index contributed by atoms with van der Waals surface area (Å²) >= 11 is 0. The van der Waals surface area contributed by atoms with Gasteiger partial charge in [-0.1, -0.05) is 18.2 Å². The van der Waals surface area contributed by atoms with Crippen LogP contribution in [0.5, 0.6) is 0 Å². The van der Waals surface area contributed by atoms with Gasteiger partial charge < -0.3 is 11.1 Å². The number of aryl methyl sites for hydroxylation is 1. The zero-order valence-electron chi connectivity index (χ0n) is 16.8. The molecule has 2 aromatic rings. The molecule has 1 aromatic heterocycles. The molecule has 1 aromatic carbocycles. The predicted molar refractivity (Wildman–Crippen MR) is 111 cm³/mol. The highest BCUT2D eigenvalue weighted by Crippen LogP contribution is 2.36. The molecule has 0 fully saturated rings. The van der Waals surface area contributed by atoms with E-state index < -0.39 is 10.2 Å². The van der Waals surface area contributed by atoms with Crippen LogP contribution in [0.15, 0.2) is 18.2 Å². The predicted octanol–water partition coefficient (Wildman–Crippen LogP) is 1.18. The molecule has 0 bridgehead atoms. The van der Waals surface area contributed by atoms with Gasteiger partial charge >= 0.3 is 0 Å². The fraction of sp³-hybridized carbons (Fsp3) is 0.474. The van der Waals surface area contributed by atoms with Crippen molar-refractivity contribution >= 4 is 27.6 Å². The number of carbonyl (C=O) groups excluding carboxylic acids is 1. The number of nitrogens with one attached hydrogen (secondary N) is 1. The first-order valence-electron chi connectivity index (χ1n) is 9.63. The summed E-state index contributed by atoms with van der Waals surface area (Å²) in [6, 6.07) is 5.92. The van der Waals surface area contributed by atoms with E-state index in [1.807, 2.05) is 25.1 Å². The van der Waals surface area contributed by atoms with Gasteiger partial charge in [0.25, 0.3) is 16.1 Å². The lowest BCUT2D eigenvalue weighted by Gasteiger charge is -2.27. The maximum absolute atomic E-state index is 13.4. The quantitative estimate of drug-likeness (QED) is 0.774. The Labute approximate surface area is 170 Å². The van der Waals surface area contributed by atoms with Crippen molar-refractivity contribution in [2.75, 3.05) is 38.2 Å². The van der Waals surface area contributed by atoms with Crippen LogP contribution in [0.25, 0.3) is 0 Å². The van der Waals surface area contributed by atoms with Gasteiger partial charge in [0.1, 0.15) is 5.82 Å². The van der Waals surface area contributed by atoms with E-state index >= 15 is 0 Å². The van der Waals surface area contributed by atoms with E-state index in [0.29, 0.717) is 37.4 Å². The minimum absolute atomic E-state index is 0.113. The normalized spacial score (nSPS) is 19.5. The van der Waals surface area contributed by atoms with Crippen LogP contribution in [0, 0.1) is 6.92 Å². The molecule has 0 amide bonds. The average molecular weight is 419 g/mol. The third-order valence-corrected chi connectivity index (χ3v) is 7.64. The number of benzene rings is 1. The third kappa shape index (κ3) is 3.21. The number of anilines is 2. The van der Waals surface area contributed by atoms with Crippen molar-refractivity contribution in [3.8, 4) is 0 Å². The van der Waals surface area contributed by atoms with Gasteiger partial charge in [0, 0.05) is 38.4 Å². The Morgan fingerprint density at radius 3 is 2.83 bits per heavy atom. The topological polar surface area (TPSA) is 114 Å². The van der Waals surface area contributed by atoms with Gasteiger partial charge in [-0.3, -0.25) is 4.79 Å². The summed E-state index contributed by atoms with van der Waals surface area (Å²) in [6.45, 7) is 3.14. The first kappa shape index (κ1) is 19.9. The molecule has 0 unspecified atom stereocenters. The number of hydrogen-bond donors (Lipinski definition) is 2. The summed E-state index contributed by atoms with van der Waals surface area (Å²) in [7, 11) is -0.553. The minimum Gasteiger partial charge on any atom is -0.385 e. The molecule has 0 saturated heterocycles. The van der Waals surface area contributed by atoms with E-state index in [-0.39, 0.29) is 18.4 Å². The van der Waals surface area contributed by atoms with E-state index in [4.69, 9.17) is 5.73 Å². The van der Waals surface area contributed by atoms with Crippen LogP contribution in [0.2, 0.25) is 0 Å². The molecule has 1 atom stereocenters. The Bertz CT molecular complexity index is 1080. The number of hydrogen-bond acceptors (Lipinski definition) is 6. The van der Waals surface area contributed by atoms with Crippen LogP contribution in [0.1, 0.15) is 39.5 Å². The van der Waals surface area contributed by atoms with Crippen molar-refractivity contribution in [2.45, 2.75) is 32.2 Å². The van der Waals surface area contributed by atoms with Crippen LogP contribution < -0.4 is 11.1 Å². The maximum atomic E-state index is 13.4. The van der Waals surface area contributed by atoms with Gasteiger partial charge in [0.05, 0.1) is 18.2 Å². The van der Waals surface area contributed by atoms with Crippen LogP contribution in [0.3, 0.4) is 0 Å². The Morgan fingerprint density at radius 1 is 1.34 bits per heavy atom. The van der Waals surface area contributed by atoms with E-state index in [1.54, 1.807) is 0 Å². The Balaban J connectivity index is 1.67. The van der Waals surface area contributed by atoms with Crippen molar-refractivity contribution in [1.29, 1.82) is 0 Å². The van der Waals surface area contributed by atoms with Gasteiger partial charge in [0.2, 0.25) is 0 Å². The number of fused-ring (bicyclic) bond motifs is 2. The highest BCUT2D eigenvalue weighted by Gasteiger charge is 2.35. The highest BCUT2D eigenvalue weighted by molar-refractivity contribution is 7.86. The van der Waals surface area contributed by atoms with Gasteiger partial charge in [-0.2, -0.15) is 26.8 Å². The van der Waals surface area contributed by atoms with Crippen molar-refractivity contribution in [3.05, 3.63) is 40.6 Å². The summed E-state index contributed by atoms with van der Waals surface area (Å²) in [5.74, 6) is -0.191. The molecule has 156 valence electrons. The smallest absolute Gasteiger partial charge is 0.281 e. The lowest BCUT2D eigenvalue weighted by atomic mass is 9.88. The molecule has 29 heavy (non-hydrogen) atoms. The van der Waals surface area contributed by atoms with E-state index in [0.717, 1.165) is 22.4 Å². The summed E-state index contributed by atoms with van der Waals surface area (Å²) in [5, 5.41) is 7.81. The number of carbonyl (C=O) groups is 1. The number of aromatic nitrogens is 2. The zero-order valence-corrected chi connectivity index (χ0v) is 17.7. The van der Waals surface area contributed by atoms with Gasteiger partial charge in [-0.15, -0.1) is 0 Å². The number of rotatable bonds is 3. The maximum Gasteiger partial charge on any atom is 0.281 e. The monoisotopic (exact) mass is 418 g/mol. The molecule has 0 spiro atoms. The second-order valence-corrected chi connectivity index (χ2v) is 9.88. The molecule has 3 N–H and O–H groups in total. The first-order valence-corrected chi connectivity index (χ1v) is 11.0. The molecular weight excluding hydrogens is 392 g/mol. The summed E-state index contributed by atoms with van der Waals surface area (Å²) in [4.78, 5) is 13.4. The molecule has 0 saturated carbocycles. The lowest BCUT2D eigenvalue weighted by molar-refractivity contribution is 0.0859. The largest absolute Gasteiger partial charge is 0.385 e. The Hall–Kier alpha value is -2.43. The molecule has 0 aliphatic carbocycles. The standard InChI is InChI=1S/C19H26N6O3S/c1-12-5-4-6-13-14(7-9-21-17(12)13)19(26)25-18(20)15-8-10-24(11-16(15)22-25)29(27,28)23(2)3/h4-6,14,21H,7-11,20H2,1-3H3/t14-/m0/s1. The second kappa shape index (κ2) is 7.12. The van der Waals surface area contributed by atoms with Crippen molar-refractivity contribution in [1.82, 2.24) is 18.4 Å². The molecule has 9 nitrogen and oxygen atoms in total. The molecular formula is C19H26N6O3S. The molecule has 2 aliphatic rings. The fourth-order valence-corrected chi connectivity index (χ4v) is 5.18. The van der Waals surface area contributed by atoms with Crippen LogP contribution in [-0.4, -0.2) is 59.9 Å². The third-order valence-electron chi connectivity index (χ3n) is 5.75. The van der Waals surface area contributed by atoms with Crippen LogP contribution >= 0.6 is 0 Å². The summed E-state index contributed by atoms with van der Waals surface area (Å²) < 4.78 is 28.7. The average Bonchev–Trinajstić information content (AvgIpc) is 3.03. The van der Waals surface area contributed by atoms with Gasteiger partial charge in [-0.25, -0.2) is 0 Å². The SMILES string of the molecule is Cc1cccc2c1NCC[C@@H]2C(=O)n1nc2c(c1N)CCN(S(=O)(=O)N(C)C)C2. The van der Waals surface area contributed by atoms with Gasteiger partial charge in [-0.05, 0) is 30.9 Å². The minimum atomic E-state index is -3.55. The number of nitrogen functional groups attached to an aromatic ring is 1. The summed E-state index contributed by atoms with van der Waals surface area (Å²) in [6.07, 6.45) is 1.09. The van der Waals surface area contributed by atoms with E-state index in [1.165, 1.54) is 27.4 Å². The molecule has 3 heterocycles. The summed E-state index contributed by atoms with van der Waals surface area (Å²) in [5.41, 5.74) is 10.6. The second-order valence-electron chi connectivity index (χ2n) is 7.74. The Morgan fingerprint density at radius 2 is 2.10 bits per heavy atom. The van der Waals surface area contributed by atoms with E-state index in [9.17, 15) is 13.2 Å². The molecule has 10 heteroatoms. The van der Waals surface area contributed by atoms with Crippen molar-refractivity contribution in [2.24, 2.45) is 0 Å². The molecule has 4 rings (SSSR count). The van der Waals surface area contributed by atoms with Gasteiger partial charge in [0.15, 0.2) is 0 Å². The Kier molecular flexibility index (Phi) is 4.88. The van der Waals surface area contributed by atoms with Crippen LogP contribution in [-0.2, 0) is 23.2 Å². The fourth-order valence-electron chi connectivity index (χ4n) is 4.11. The number of nitrogens with zero attached hydrogens (tertiary/aromatic N) is 4. The van der Waals surface area contributed by atoms with Crippen molar-refractivity contribution in [3.63, 3.8) is 0 Å².